The van der Waals surface area contributed by atoms with Crippen LogP contribution in [0.2, 0.25) is 0 Å². The van der Waals surface area contributed by atoms with Crippen molar-refractivity contribution >= 4 is 23.3 Å². The lowest BCUT2D eigenvalue weighted by Gasteiger charge is -2.37. The molecule has 0 bridgehead atoms. The van der Waals surface area contributed by atoms with E-state index in [9.17, 15) is 9.59 Å². The lowest BCUT2D eigenvalue weighted by atomic mass is 9.77. The number of methoxy groups -OCH3 is 1. The highest BCUT2D eigenvalue weighted by molar-refractivity contribution is 5.97. The van der Waals surface area contributed by atoms with Crippen LogP contribution in [0.4, 0.5) is 11.4 Å². The summed E-state index contributed by atoms with van der Waals surface area (Å²) in [4.78, 5) is 25.3. The molecule has 2 aliphatic heterocycles. The number of esters is 2. The second-order valence-electron chi connectivity index (χ2n) is 17.0. The molecule has 0 saturated heterocycles. The molecule has 5 aromatic rings. The van der Waals surface area contributed by atoms with Crippen molar-refractivity contribution in [2.75, 3.05) is 17.7 Å². The van der Waals surface area contributed by atoms with E-state index in [4.69, 9.17) is 9.47 Å². The molecule has 0 aromatic heterocycles. The highest BCUT2D eigenvalue weighted by atomic mass is 16.5. The number of carbonyl (C=O) groups is 2. The van der Waals surface area contributed by atoms with E-state index < -0.39 is 0 Å². The van der Waals surface area contributed by atoms with Gasteiger partial charge >= 0.3 is 11.9 Å². The van der Waals surface area contributed by atoms with Gasteiger partial charge in [-0.05, 0) is 80.3 Å². The zero-order valence-corrected chi connectivity index (χ0v) is 32.7. The SMILES string of the molecule is COC(=O)c1cccc2c1NC(c1cccc(C3CC(c4ccc(C(C)(C)C)cc4)c4cccc(OC(C)=O)c4N3)c1)CC2c1ccc(C(C)(C)C)cc1. The molecule has 2 heterocycles. The minimum Gasteiger partial charge on any atom is -0.465 e. The number of benzene rings is 5. The molecule has 4 unspecified atom stereocenters. The molecule has 0 spiro atoms. The van der Waals surface area contributed by atoms with Crippen LogP contribution in [0.1, 0.15) is 140 Å². The quantitative estimate of drug-likeness (QED) is 0.134. The summed E-state index contributed by atoms with van der Waals surface area (Å²) in [5.41, 5.74) is 11.8. The van der Waals surface area contributed by atoms with Gasteiger partial charge in [0.2, 0.25) is 0 Å². The monoisotopic (exact) mass is 720 g/mol. The molecule has 2 N–H and O–H groups in total. The maximum Gasteiger partial charge on any atom is 0.339 e. The summed E-state index contributed by atoms with van der Waals surface area (Å²) < 4.78 is 11.0. The fourth-order valence-electron chi connectivity index (χ4n) is 8.22. The summed E-state index contributed by atoms with van der Waals surface area (Å²) in [7, 11) is 1.43. The summed E-state index contributed by atoms with van der Waals surface area (Å²) in [5.74, 6) is -0.00991. The molecule has 0 radical (unpaired) electrons. The average molecular weight is 721 g/mol. The molecule has 6 heteroatoms. The number of anilines is 2. The van der Waals surface area contributed by atoms with Crippen molar-refractivity contribution in [2.24, 2.45) is 0 Å². The topological polar surface area (TPSA) is 76.7 Å². The van der Waals surface area contributed by atoms with Crippen LogP contribution >= 0.6 is 0 Å². The van der Waals surface area contributed by atoms with Gasteiger partial charge in [-0.25, -0.2) is 4.79 Å². The van der Waals surface area contributed by atoms with Gasteiger partial charge in [0.05, 0.1) is 36.1 Å². The molecular formula is C48H52N2O4. The van der Waals surface area contributed by atoms with E-state index in [1.165, 1.54) is 36.3 Å². The van der Waals surface area contributed by atoms with Gasteiger partial charge < -0.3 is 20.1 Å². The number of ether oxygens (including phenoxy) is 2. The summed E-state index contributed by atoms with van der Waals surface area (Å²) in [6.45, 7) is 14.8. The Morgan fingerprint density at radius 3 is 1.54 bits per heavy atom. The maximum absolute atomic E-state index is 13.1. The Balaban J connectivity index is 1.27. The zero-order chi connectivity index (χ0) is 38.4. The minimum absolute atomic E-state index is 0.0487. The number of rotatable bonds is 6. The van der Waals surface area contributed by atoms with Gasteiger partial charge in [0.25, 0.3) is 0 Å². The maximum atomic E-state index is 13.1. The Bertz CT molecular complexity index is 2170. The molecule has 0 fully saturated rings. The van der Waals surface area contributed by atoms with Crippen LogP contribution in [-0.2, 0) is 20.4 Å². The number of fused-ring (bicyclic) bond motifs is 2. The van der Waals surface area contributed by atoms with Crippen molar-refractivity contribution in [3.05, 3.63) is 159 Å². The lowest BCUT2D eigenvalue weighted by molar-refractivity contribution is -0.131. The molecular weight excluding hydrogens is 669 g/mol. The second-order valence-corrected chi connectivity index (χ2v) is 17.0. The first-order valence-electron chi connectivity index (χ1n) is 19.1. The summed E-state index contributed by atoms with van der Waals surface area (Å²) in [5, 5.41) is 7.58. The highest BCUT2D eigenvalue weighted by Crippen LogP contribution is 2.49. The fraction of sp³-hybridized carbons (Fsp3) is 0.333. The van der Waals surface area contributed by atoms with E-state index in [1.54, 1.807) is 0 Å². The average Bonchev–Trinajstić information content (AvgIpc) is 3.16. The normalized spacial score (nSPS) is 19.4. The van der Waals surface area contributed by atoms with E-state index in [0.717, 1.165) is 46.5 Å². The van der Waals surface area contributed by atoms with Crippen molar-refractivity contribution in [2.45, 2.75) is 96.1 Å². The summed E-state index contributed by atoms with van der Waals surface area (Å²) >= 11 is 0. The Morgan fingerprint density at radius 1 is 0.593 bits per heavy atom. The third-order valence-electron chi connectivity index (χ3n) is 11.2. The van der Waals surface area contributed by atoms with E-state index in [1.807, 2.05) is 24.3 Å². The first-order valence-corrected chi connectivity index (χ1v) is 19.1. The summed E-state index contributed by atoms with van der Waals surface area (Å²) in [6.07, 6.45) is 1.64. The lowest BCUT2D eigenvalue weighted by Crippen LogP contribution is -2.26. The van der Waals surface area contributed by atoms with E-state index in [-0.39, 0.29) is 46.7 Å². The van der Waals surface area contributed by atoms with Crippen LogP contribution in [-0.4, -0.2) is 19.0 Å². The molecule has 0 aliphatic carbocycles. The van der Waals surface area contributed by atoms with Gasteiger partial charge in [-0.15, -0.1) is 0 Å². The molecule has 4 atom stereocenters. The van der Waals surface area contributed by atoms with Crippen LogP contribution in [0.25, 0.3) is 0 Å². The van der Waals surface area contributed by atoms with Gasteiger partial charge in [-0.1, -0.05) is 139 Å². The van der Waals surface area contributed by atoms with Crippen molar-refractivity contribution in [3.8, 4) is 5.75 Å². The van der Waals surface area contributed by atoms with Crippen LogP contribution < -0.4 is 15.4 Å². The molecule has 0 amide bonds. The van der Waals surface area contributed by atoms with Crippen molar-refractivity contribution in [1.82, 2.24) is 0 Å². The van der Waals surface area contributed by atoms with E-state index >= 15 is 0 Å². The van der Waals surface area contributed by atoms with Crippen molar-refractivity contribution < 1.29 is 19.1 Å². The predicted octanol–water partition coefficient (Wildman–Crippen LogP) is 11.4. The van der Waals surface area contributed by atoms with Gasteiger partial charge in [0.1, 0.15) is 0 Å². The molecule has 278 valence electrons. The van der Waals surface area contributed by atoms with Crippen LogP contribution in [0.3, 0.4) is 0 Å². The fourth-order valence-corrected chi connectivity index (χ4v) is 8.22. The minimum atomic E-state index is -0.356. The number of para-hydroxylation sites is 2. The largest absolute Gasteiger partial charge is 0.465 e. The van der Waals surface area contributed by atoms with E-state index in [2.05, 4.69) is 137 Å². The first kappa shape index (κ1) is 37.0. The highest BCUT2D eigenvalue weighted by Gasteiger charge is 2.34. The second kappa shape index (κ2) is 14.5. The Hall–Kier alpha value is -5.36. The van der Waals surface area contributed by atoms with E-state index in [0.29, 0.717) is 11.3 Å². The number of nitrogens with one attached hydrogen (secondary N) is 2. The van der Waals surface area contributed by atoms with Crippen LogP contribution in [0.15, 0.2) is 109 Å². The number of hydrogen-bond donors (Lipinski definition) is 2. The van der Waals surface area contributed by atoms with Crippen LogP contribution in [0, 0.1) is 0 Å². The molecule has 0 saturated carbocycles. The molecule has 5 aromatic carbocycles. The first-order chi connectivity index (χ1) is 25.7. The van der Waals surface area contributed by atoms with Gasteiger partial charge in [0, 0.05) is 18.8 Å². The van der Waals surface area contributed by atoms with Gasteiger partial charge in [-0.2, -0.15) is 0 Å². The zero-order valence-electron chi connectivity index (χ0n) is 32.7. The molecule has 6 nitrogen and oxygen atoms in total. The third-order valence-corrected chi connectivity index (χ3v) is 11.2. The number of carbonyl (C=O) groups excluding carboxylic acids is 2. The number of hydrogen-bond acceptors (Lipinski definition) is 6. The smallest absolute Gasteiger partial charge is 0.339 e. The molecule has 2 aliphatic rings. The molecule has 54 heavy (non-hydrogen) atoms. The Morgan fingerprint density at radius 2 is 1.06 bits per heavy atom. The Kier molecular flexibility index (Phi) is 9.91. The Labute approximate surface area is 320 Å². The van der Waals surface area contributed by atoms with Gasteiger partial charge in [0.15, 0.2) is 5.75 Å². The van der Waals surface area contributed by atoms with Crippen molar-refractivity contribution in [1.29, 1.82) is 0 Å². The van der Waals surface area contributed by atoms with Crippen LogP contribution in [0.5, 0.6) is 5.75 Å². The third kappa shape index (κ3) is 7.39. The van der Waals surface area contributed by atoms with Crippen molar-refractivity contribution in [3.63, 3.8) is 0 Å². The van der Waals surface area contributed by atoms with Gasteiger partial charge in [-0.3, -0.25) is 4.79 Å². The predicted molar refractivity (Wildman–Crippen MR) is 218 cm³/mol. The standard InChI is InChI=1S/C48H52N2O4/c1-29(51)54-43-17-11-15-37-40(31-20-24-35(25-21-31)48(5,6)7)28-42(50-45(37)43)33-13-9-12-32(26-33)41-27-39(30-18-22-34(23-19-30)47(2,3)4)36-14-10-16-38(44(36)49-41)46(52)53-8/h9-26,39-42,49-50H,27-28H2,1-8H3. The molecule has 7 rings (SSSR count). The summed E-state index contributed by atoms with van der Waals surface area (Å²) in [6, 6.07) is 38.5.